The monoisotopic (exact) mass is 450 g/mol. The number of nitrogens with one attached hydrogen (secondary N) is 4. The van der Waals surface area contributed by atoms with Crippen molar-refractivity contribution >= 4 is 34.8 Å². The second-order valence-corrected chi connectivity index (χ2v) is 7.13. The molecule has 0 heterocycles. The second kappa shape index (κ2) is 11.2. The van der Waals surface area contributed by atoms with E-state index in [1.54, 1.807) is 32.0 Å². The zero-order valence-corrected chi connectivity index (χ0v) is 17.9. The molecule has 0 aliphatic heterocycles. The van der Waals surface area contributed by atoms with Gasteiger partial charge in [-0.2, -0.15) is 0 Å². The van der Waals surface area contributed by atoms with Gasteiger partial charge in [0, 0.05) is 17.8 Å². The van der Waals surface area contributed by atoms with Crippen molar-refractivity contribution in [2.24, 2.45) is 0 Å². The topological polar surface area (TPSA) is 99.3 Å². The van der Waals surface area contributed by atoms with Gasteiger partial charge >= 0.3 is 0 Å². The van der Waals surface area contributed by atoms with Crippen LogP contribution < -0.4 is 21.3 Å². The van der Waals surface area contributed by atoms with E-state index in [0.29, 0.717) is 23.9 Å². The standard InChI is InChI=1S/C22H25F3N4O3/c1-4-6-18(30)28-16-8-5-7-15(12(16)2)27-13(3)22(32)26-11-19(31)29-17-10-9-14(23)20(24)21(17)25/h5,7-10,13,27H,4,6,11H2,1-3H3,(H,26,32)(H,28,30)(H,29,31). The van der Waals surface area contributed by atoms with Crippen LogP contribution in [0.1, 0.15) is 32.3 Å². The summed E-state index contributed by atoms with van der Waals surface area (Å²) in [4.78, 5) is 36.1. The van der Waals surface area contributed by atoms with Crippen LogP contribution in [0, 0.1) is 24.4 Å². The number of carbonyl (C=O) groups is 3. The van der Waals surface area contributed by atoms with Crippen molar-refractivity contribution in [3.05, 3.63) is 53.3 Å². The number of rotatable bonds is 9. The van der Waals surface area contributed by atoms with E-state index >= 15 is 0 Å². The highest BCUT2D eigenvalue weighted by molar-refractivity contribution is 5.96. The van der Waals surface area contributed by atoms with E-state index in [-0.39, 0.29) is 5.91 Å². The summed E-state index contributed by atoms with van der Waals surface area (Å²) in [6.07, 6.45) is 1.11. The molecular formula is C22H25F3N4O3. The lowest BCUT2D eigenvalue weighted by Gasteiger charge is -2.19. The number of hydrogen-bond acceptors (Lipinski definition) is 4. The first-order valence-electron chi connectivity index (χ1n) is 10.0. The molecule has 0 aliphatic carbocycles. The third-order valence-corrected chi connectivity index (χ3v) is 4.58. The average Bonchev–Trinajstić information content (AvgIpc) is 2.75. The van der Waals surface area contributed by atoms with Gasteiger partial charge in [0.25, 0.3) is 0 Å². The lowest BCUT2D eigenvalue weighted by atomic mass is 10.1. The number of anilines is 3. The van der Waals surface area contributed by atoms with E-state index in [0.717, 1.165) is 18.1 Å². The van der Waals surface area contributed by atoms with E-state index < -0.39 is 47.5 Å². The van der Waals surface area contributed by atoms with Crippen LogP contribution in [0.15, 0.2) is 30.3 Å². The molecule has 2 rings (SSSR count). The summed E-state index contributed by atoms with van der Waals surface area (Å²) >= 11 is 0. The average molecular weight is 450 g/mol. The Morgan fingerprint density at radius 2 is 1.56 bits per heavy atom. The fraction of sp³-hybridized carbons (Fsp3) is 0.318. The largest absolute Gasteiger partial charge is 0.374 e. The van der Waals surface area contributed by atoms with Crippen LogP contribution in [0.4, 0.5) is 30.2 Å². The normalized spacial score (nSPS) is 11.4. The smallest absolute Gasteiger partial charge is 0.243 e. The molecule has 10 heteroatoms. The zero-order valence-electron chi connectivity index (χ0n) is 17.9. The van der Waals surface area contributed by atoms with Gasteiger partial charge in [0.2, 0.25) is 17.7 Å². The van der Waals surface area contributed by atoms with Gasteiger partial charge in [-0.05, 0) is 50.1 Å². The SMILES string of the molecule is CCCC(=O)Nc1cccc(NC(C)C(=O)NCC(=O)Nc2ccc(F)c(F)c2F)c1C. The molecule has 7 nitrogen and oxygen atoms in total. The molecule has 0 aromatic heterocycles. The van der Waals surface area contributed by atoms with Crippen molar-refractivity contribution in [1.82, 2.24) is 5.32 Å². The minimum atomic E-state index is -1.70. The van der Waals surface area contributed by atoms with E-state index in [9.17, 15) is 27.6 Å². The molecule has 2 aromatic rings. The first-order valence-corrected chi connectivity index (χ1v) is 10.0. The Kier molecular flexibility index (Phi) is 8.62. The van der Waals surface area contributed by atoms with Crippen LogP contribution in [0.3, 0.4) is 0 Å². The van der Waals surface area contributed by atoms with Gasteiger partial charge in [-0.1, -0.05) is 13.0 Å². The Morgan fingerprint density at radius 1 is 0.906 bits per heavy atom. The zero-order chi connectivity index (χ0) is 23.8. The molecule has 0 saturated carbocycles. The number of carbonyl (C=O) groups excluding carboxylic acids is 3. The van der Waals surface area contributed by atoms with Crippen LogP contribution in [0.2, 0.25) is 0 Å². The minimum absolute atomic E-state index is 0.109. The molecule has 4 N–H and O–H groups in total. The maximum absolute atomic E-state index is 13.6. The van der Waals surface area contributed by atoms with E-state index in [1.807, 2.05) is 6.92 Å². The fourth-order valence-corrected chi connectivity index (χ4v) is 2.80. The van der Waals surface area contributed by atoms with Crippen molar-refractivity contribution in [1.29, 1.82) is 0 Å². The van der Waals surface area contributed by atoms with Crippen LogP contribution >= 0.6 is 0 Å². The molecule has 0 fully saturated rings. The molecule has 0 bridgehead atoms. The molecule has 32 heavy (non-hydrogen) atoms. The highest BCUT2D eigenvalue weighted by atomic mass is 19.2. The Hall–Kier alpha value is -3.56. The number of hydrogen-bond donors (Lipinski definition) is 4. The molecule has 172 valence electrons. The fourth-order valence-electron chi connectivity index (χ4n) is 2.80. The molecule has 1 atom stereocenters. The number of halogens is 3. The number of amides is 3. The number of benzene rings is 2. The Bertz CT molecular complexity index is 1010. The molecule has 0 aliphatic rings. The predicted molar refractivity (Wildman–Crippen MR) is 116 cm³/mol. The molecule has 0 saturated heterocycles. The predicted octanol–water partition coefficient (Wildman–Crippen LogP) is 3.71. The Balaban J connectivity index is 1.92. The summed E-state index contributed by atoms with van der Waals surface area (Å²) in [6, 6.07) is 6.04. The van der Waals surface area contributed by atoms with Gasteiger partial charge in [0.1, 0.15) is 6.04 Å². The summed E-state index contributed by atoms with van der Waals surface area (Å²) in [7, 11) is 0. The van der Waals surface area contributed by atoms with E-state index in [4.69, 9.17) is 0 Å². The summed E-state index contributed by atoms with van der Waals surface area (Å²) in [6.45, 7) is 4.76. The van der Waals surface area contributed by atoms with Crippen molar-refractivity contribution in [2.75, 3.05) is 22.5 Å². The summed E-state index contributed by atoms with van der Waals surface area (Å²) in [5, 5.41) is 10.3. The van der Waals surface area contributed by atoms with Crippen molar-refractivity contribution in [3.63, 3.8) is 0 Å². The van der Waals surface area contributed by atoms with Crippen LogP contribution in [0.25, 0.3) is 0 Å². The van der Waals surface area contributed by atoms with Crippen molar-refractivity contribution < 1.29 is 27.6 Å². The third-order valence-electron chi connectivity index (χ3n) is 4.58. The molecule has 0 spiro atoms. The summed E-state index contributed by atoms with van der Waals surface area (Å²) in [5.41, 5.74) is 1.44. The first-order chi connectivity index (χ1) is 15.1. The van der Waals surface area contributed by atoms with Gasteiger partial charge in [-0.3, -0.25) is 14.4 Å². The molecule has 1 unspecified atom stereocenters. The maximum Gasteiger partial charge on any atom is 0.243 e. The maximum atomic E-state index is 13.6. The van der Waals surface area contributed by atoms with Crippen molar-refractivity contribution in [2.45, 2.75) is 39.7 Å². The van der Waals surface area contributed by atoms with Crippen LogP contribution in [-0.4, -0.2) is 30.3 Å². The highest BCUT2D eigenvalue weighted by Gasteiger charge is 2.18. The lowest BCUT2D eigenvalue weighted by molar-refractivity contribution is -0.124. The highest BCUT2D eigenvalue weighted by Crippen LogP contribution is 2.24. The molecule has 3 amide bonds. The summed E-state index contributed by atoms with van der Waals surface area (Å²) in [5.74, 6) is -6.05. The van der Waals surface area contributed by atoms with E-state index in [2.05, 4.69) is 21.3 Å². The van der Waals surface area contributed by atoms with Gasteiger partial charge in [-0.15, -0.1) is 0 Å². The van der Waals surface area contributed by atoms with Gasteiger partial charge in [-0.25, -0.2) is 13.2 Å². The van der Waals surface area contributed by atoms with Gasteiger partial charge in [0.15, 0.2) is 17.5 Å². The summed E-state index contributed by atoms with van der Waals surface area (Å²) < 4.78 is 39.8. The Labute approximate surface area is 183 Å². The Morgan fingerprint density at radius 3 is 2.25 bits per heavy atom. The first kappa shape index (κ1) is 24.7. The molecular weight excluding hydrogens is 425 g/mol. The van der Waals surface area contributed by atoms with Crippen LogP contribution in [0.5, 0.6) is 0 Å². The minimum Gasteiger partial charge on any atom is -0.374 e. The van der Waals surface area contributed by atoms with E-state index in [1.165, 1.54) is 0 Å². The van der Waals surface area contributed by atoms with Gasteiger partial charge < -0.3 is 21.3 Å². The van der Waals surface area contributed by atoms with Crippen molar-refractivity contribution in [3.8, 4) is 0 Å². The quantitative estimate of drug-likeness (QED) is 0.438. The second-order valence-electron chi connectivity index (χ2n) is 7.13. The van der Waals surface area contributed by atoms with Crippen LogP contribution in [-0.2, 0) is 14.4 Å². The molecule has 0 radical (unpaired) electrons. The lowest BCUT2D eigenvalue weighted by Crippen LogP contribution is -2.41. The third kappa shape index (κ3) is 6.47. The molecule has 2 aromatic carbocycles. The van der Waals surface area contributed by atoms with Gasteiger partial charge in [0.05, 0.1) is 12.2 Å².